The first-order valence-electron chi connectivity index (χ1n) is 11.1. The number of amides is 1. The molecule has 0 aliphatic heterocycles. The third kappa shape index (κ3) is 6.24. The van der Waals surface area contributed by atoms with E-state index in [9.17, 15) is 13.2 Å². The molecule has 8 nitrogen and oxygen atoms in total. The van der Waals surface area contributed by atoms with Crippen LogP contribution in [0.2, 0.25) is 0 Å². The molecule has 3 rings (SSSR count). The molecule has 0 spiro atoms. The predicted octanol–water partition coefficient (Wildman–Crippen LogP) is 4.18. The van der Waals surface area contributed by atoms with Crippen LogP contribution in [-0.2, 0) is 14.8 Å². The maximum absolute atomic E-state index is 13.6. The zero-order chi connectivity index (χ0) is 25.4. The maximum atomic E-state index is 13.6. The number of carbonyl (C=O) groups is 1. The van der Waals surface area contributed by atoms with Crippen LogP contribution in [0.25, 0.3) is 0 Å². The number of nitrogens with zero attached hydrogens (tertiary/aromatic N) is 1. The van der Waals surface area contributed by atoms with Gasteiger partial charge in [-0.1, -0.05) is 30.3 Å². The summed E-state index contributed by atoms with van der Waals surface area (Å²) in [4.78, 5) is 13.2. The Bertz CT molecular complexity index is 1230. The third-order valence-corrected chi connectivity index (χ3v) is 7.12. The van der Waals surface area contributed by atoms with E-state index < -0.39 is 22.5 Å². The van der Waals surface area contributed by atoms with Gasteiger partial charge in [0.2, 0.25) is 5.91 Å². The van der Waals surface area contributed by atoms with E-state index in [0.29, 0.717) is 12.4 Å². The normalized spacial score (nSPS) is 11.9. The van der Waals surface area contributed by atoms with Gasteiger partial charge in [-0.3, -0.25) is 9.10 Å². The number of sulfonamides is 1. The average molecular weight is 499 g/mol. The minimum atomic E-state index is -4.10. The van der Waals surface area contributed by atoms with E-state index in [2.05, 4.69) is 5.32 Å². The van der Waals surface area contributed by atoms with Gasteiger partial charge in [0.1, 0.15) is 23.8 Å². The zero-order valence-electron chi connectivity index (χ0n) is 20.2. The van der Waals surface area contributed by atoms with Crippen molar-refractivity contribution in [2.24, 2.45) is 0 Å². The minimum Gasteiger partial charge on any atom is -0.497 e. The highest BCUT2D eigenvalue weighted by molar-refractivity contribution is 7.92. The zero-order valence-corrected chi connectivity index (χ0v) is 21.0. The first-order valence-corrected chi connectivity index (χ1v) is 12.6. The second-order valence-electron chi connectivity index (χ2n) is 7.65. The van der Waals surface area contributed by atoms with E-state index in [1.165, 1.54) is 32.4 Å². The number of benzene rings is 3. The van der Waals surface area contributed by atoms with Crippen LogP contribution in [0.3, 0.4) is 0 Å². The van der Waals surface area contributed by atoms with Crippen molar-refractivity contribution in [3.63, 3.8) is 0 Å². The molecule has 9 heteroatoms. The van der Waals surface area contributed by atoms with Gasteiger partial charge in [0.15, 0.2) is 0 Å². The molecule has 0 aliphatic rings. The molecule has 35 heavy (non-hydrogen) atoms. The van der Waals surface area contributed by atoms with Crippen molar-refractivity contribution in [1.82, 2.24) is 5.32 Å². The minimum absolute atomic E-state index is 0.0530. The molecular formula is C26H30N2O6S. The maximum Gasteiger partial charge on any atom is 0.264 e. The lowest BCUT2D eigenvalue weighted by Gasteiger charge is -2.26. The van der Waals surface area contributed by atoms with Crippen LogP contribution in [0, 0.1) is 0 Å². The highest BCUT2D eigenvalue weighted by Crippen LogP contribution is 2.35. The fourth-order valence-corrected chi connectivity index (χ4v) is 4.98. The van der Waals surface area contributed by atoms with Gasteiger partial charge in [0.25, 0.3) is 10.0 Å². The Balaban J connectivity index is 1.92. The first-order chi connectivity index (χ1) is 16.8. The lowest BCUT2D eigenvalue weighted by Crippen LogP contribution is -2.41. The van der Waals surface area contributed by atoms with Crippen molar-refractivity contribution >= 4 is 21.6 Å². The number of ether oxygens (including phenoxy) is 3. The van der Waals surface area contributed by atoms with Crippen LogP contribution in [0.15, 0.2) is 77.7 Å². The van der Waals surface area contributed by atoms with Crippen molar-refractivity contribution in [3.05, 3.63) is 78.4 Å². The Kier molecular flexibility index (Phi) is 8.59. The van der Waals surface area contributed by atoms with Crippen molar-refractivity contribution in [2.75, 3.05) is 31.7 Å². The summed E-state index contributed by atoms with van der Waals surface area (Å²) in [5, 5.41) is 2.88. The Labute approximate surface area is 206 Å². The van der Waals surface area contributed by atoms with Crippen LogP contribution in [0.5, 0.6) is 17.2 Å². The molecule has 3 aromatic rings. The van der Waals surface area contributed by atoms with Gasteiger partial charge in [0, 0.05) is 6.07 Å². The second-order valence-corrected chi connectivity index (χ2v) is 9.52. The molecule has 0 fully saturated rings. The van der Waals surface area contributed by atoms with Crippen LogP contribution in [-0.4, -0.2) is 41.7 Å². The number of nitrogens with one attached hydrogen (secondary N) is 1. The number of carbonyl (C=O) groups excluding carboxylic acids is 1. The van der Waals surface area contributed by atoms with Crippen LogP contribution >= 0.6 is 0 Å². The van der Waals surface area contributed by atoms with Crippen LogP contribution < -0.4 is 23.8 Å². The number of hydrogen-bond donors (Lipinski definition) is 1. The number of methoxy groups -OCH3 is 2. The standard InChI is InChI=1S/C26H30N2O6S/c1-5-34-21-13-11-20(12-14-21)19(2)27-26(29)18-28(35(30,31)23-9-7-6-8-10-23)24-17-22(32-3)15-16-25(24)33-4/h6-17,19H,5,18H2,1-4H3,(H,27,29)/t19-/m0/s1. The molecule has 186 valence electrons. The summed E-state index contributed by atoms with van der Waals surface area (Å²) in [5.74, 6) is 0.977. The molecule has 0 aliphatic carbocycles. The van der Waals surface area contributed by atoms with Gasteiger partial charge in [-0.15, -0.1) is 0 Å². The lowest BCUT2D eigenvalue weighted by molar-refractivity contribution is -0.120. The van der Waals surface area contributed by atoms with Gasteiger partial charge < -0.3 is 19.5 Å². The van der Waals surface area contributed by atoms with E-state index >= 15 is 0 Å². The molecule has 0 saturated carbocycles. The summed E-state index contributed by atoms with van der Waals surface area (Å²) in [5.41, 5.74) is 1.05. The fourth-order valence-electron chi connectivity index (χ4n) is 3.53. The summed E-state index contributed by atoms with van der Waals surface area (Å²) in [6.07, 6.45) is 0. The smallest absolute Gasteiger partial charge is 0.264 e. The monoisotopic (exact) mass is 498 g/mol. The Morgan fingerprint density at radius 3 is 2.20 bits per heavy atom. The first kappa shape index (κ1) is 25.9. The topological polar surface area (TPSA) is 94.2 Å². The Hall–Kier alpha value is -3.72. The SMILES string of the molecule is CCOc1ccc([C@H](C)NC(=O)CN(c2cc(OC)ccc2OC)S(=O)(=O)c2ccccc2)cc1. The predicted molar refractivity (Wildman–Crippen MR) is 135 cm³/mol. The summed E-state index contributed by atoms with van der Waals surface area (Å²) < 4.78 is 44.4. The summed E-state index contributed by atoms with van der Waals surface area (Å²) in [7, 11) is -1.18. The summed E-state index contributed by atoms with van der Waals surface area (Å²) in [6, 6.07) is 19.7. The van der Waals surface area contributed by atoms with Gasteiger partial charge in [-0.05, 0) is 55.8 Å². The molecule has 0 unspecified atom stereocenters. The molecule has 0 radical (unpaired) electrons. The summed E-state index contributed by atoms with van der Waals surface area (Å²) in [6.45, 7) is 3.84. The molecule has 0 bridgehead atoms. The quantitative estimate of drug-likeness (QED) is 0.426. The number of hydrogen-bond acceptors (Lipinski definition) is 6. The van der Waals surface area contributed by atoms with Crippen LogP contribution in [0.4, 0.5) is 5.69 Å². The molecule has 3 aromatic carbocycles. The number of anilines is 1. The highest BCUT2D eigenvalue weighted by Gasteiger charge is 2.30. The van der Waals surface area contributed by atoms with E-state index in [1.807, 2.05) is 38.1 Å². The molecule has 1 atom stereocenters. The molecule has 0 saturated heterocycles. The molecule has 1 amide bonds. The van der Waals surface area contributed by atoms with Crippen molar-refractivity contribution in [1.29, 1.82) is 0 Å². The van der Waals surface area contributed by atoms with Crippen molar-refractivity contribution < 1.29 is 27.4 Å². The molecular weight excluding hydrogens is 468 g/mol. The molecule has 1 N–H and O–H groups in total. The van der Waals surface area contributed by atoms with Crippen LogP contribution in [0.1, 0.15) is 25.5 Å². The molecule has 0 heterocycles. The summed E-state index contributed by atoms with van der Waals surface area (Å²) >= 11 is 0. The number of rotatable bonds is 11. The van der Waals surface area contributed by atoms with E-state index in [1.54, 1.807) is 30.3 Å². The van der Waals surface area contributed by atoms with Gasteiger partial charge in [-0.25, -0.2) is 8.42 Å². The van der Waals surface area contributed by atoms with E-state index in [0.717, 1.165) is 15.6 Å². The van der Waals surface area contributed by atoms with Crippen molar-refractivity contribution in [3.8, 4) is 17.2 Å². The third-order valence-electron chi connectivity index (χ3n) is 5.34. The Morgan fingerprint density at radius 1 is 0.943 bits per heavy atom. The van der Waals surface area contributed by atoms with Gasteiger partial charge in [0.05, 0.1) is 37.5 Å². The van der Waals surface area contributed by atoms with Gasteiger partial charge >= 0.3 is 0 Å². The van der Waals surface area contributed by atoms with Crippen molar-refractivity contribution in [2.45, 2.75) is 24.8 Å². The average Bonchev–Trinajstić information content (AvgIpc) is 2.88. The Morgan fingerprint density at radius 2 is 1.60 bits per heavy atom. The largest absolute Gasteiger partial charge is 0.497 e. The second kappa shape index (κ2) is 11.6. The highest BCUT2D eigenvalue weighted by atomic mass is 32.2. The van der Waals surface area contributed by atoms with E-state index in [4.69, 9.17) is 14.2 Å². The van der Waals surface area contributed by atoms with Gasteiger partial charge in [-0.2, -0.15) is 0 Å². The lowest BCUT2D eigenvalue weighted by atomic mass is 10.1. The molecule has 0 aromatic heterocycles. The van der Waals surface area contributed by atoms with E-state index in [-0.39, 0.29) is 22.4 Å². The fraction of sp³-hybridized carbons (Fsp3) is 0.269.